The summed E-state index contributed by atoms with van der Waals surface area (Å²) in [5.41, 5.74) is 6.42. The summed E-state index contributed by atoms with van der Waals surface area (Å²) < 4.78 is 12.0. The summed E-state index contributed by atoms with van der Waals surface area (Å²) in [7, 11) is 0. The van der Waals surface area contributed by atoms with E-state index >= 15 is 0 Å². The van der Waals surface area contributed by atoms with Crippen LogP contribution in [0.3, 0.4) is 0 Å². The molecule has 0 aliphatic heterocycles. The molecule has 1 rings (SSSR count). The molecule has 0 fully saturated rings. The highest BCUT2D eigenvalue weighted by Crippen LogP contribution is 2.26. The Kier molecular flexibility index (Phi) is 1.90. The van der Waals surface area contributed by atoms with E-state index in [2.05, 4.69) is 4.98 Å². The molecule has 0 aromatic carbocycles. The number of carboxylic acid groups (broad SMARTS) is 1. The van der Waals surface area contributed by atoms with Gasteiger partial charge in [-0.2, -0.15) is 0 Å². The van der Waals surface area contributed by atoms with Crippen LogP contribution in [0.4, 0.5) is 16.0 Å². The lowest BCUT2D eigenvalue weighted by atomic mass is 10.2. The minimum atomic E-state index is -1.22. The zero-order valence-corrected chi connectivity index (χ0v) is 6.31. The van der Waals surface area contributed by atoms with Crippen molar-refractivity contribution in [3.8, 4) is 0 Å². The molecule has 0 atom stereocenters. The number of halogens is 1. The Morgan fingerprint density at radius 2 is 2.33 bits per heavy atom. The minimum Gasteiger partial charge on any atom is -0.478 e. The molecule has 0 saturated carbocycles. The number of anilines is 2. The van der Waals surface area contributed by atoms with E-state index in [9.17, 15) is 9.28 Å². The molecule has 0 bridgehead atoms. The van der Waals surface area contributed by atoms with Crippen LogP contribution in [-0.2, 0) is 0 Å². The van der Waals surface area contributed by atoms with E-state index in [0.717, 1.165) is 0 Å². The molecule has 0 saturated heterocycles. The number of carbonyl (C=O) groups is 1. The fourth-order valence-corrected chi connectivity index (χ4v) is 1.01. The van der Waals surface area contributed by atoms with Crippen molar-refractivity contribution in [2.45, 2.75) is 6.92 Å². The quantitative estimate of drug-likeness (QED) is 0.500. The first-order valence-corrected chi connectivity index (χ1v) is 3.16. The number of aromatic amines is 1. The molecule has 0 amide bonds. The Hall–Kier alpha value is -1.72. The van der Waals surface area contributed by atoms with E-state index in [4.69, 9.17) is 10.8 Å². The first-order chi connectivity index (χ1) is 5.57. The maximum Gasteiger partial charge on any atom is 0.339 e. The van der Waals surface area contributed by atoms with Gasteiger partial charge in [-0.1, -0.05) is 0 Å². The predicted octanol–water partition coefficient (Wildman–Crippen LogP) is 0.900. The van der Waals surface area contributed by atoms with Gasteiger partial charge in [0.2, 0.25) is 0 Å². The highest BCUT2D eigenvalue weighted by Gasteiger charge is 2.18. The highest BCUT2D eigenvalue weighted by atomic mass is 19.2. The Balaban J connectivity index is 3.32. The fraction of sp³-hybridized carbons (Fsp3) is 0.167. The minimum absolute atomic E-state index is 0.0209. The van der Waals surface area contributed by atoms with Crippen LogP contribution in [0.15, 0.2) is 0 Å². The van der Waals surface area contributed by atoms with Crippen molar-refractivity contribution in [1.29, 1.82) is 0 Å². The molecule has 1 heterocycles. The first kappa shape index (κ1) is 8.38. The van der Waals surface area contributed by atoms with Crippen LogP contribution in [0.25, 0.3) is 0 Å². The van der Waals surface area contributed by atoms with Gasteiger partial charge in [-0.05, 0) is 6.92 Å². The van der Waals surface area contributed by atoms with Crippen LogP contribution < -0.4 is 11.3 Å². The molecule has 1 aromatic heterocycles. The molecule has 0 spiro atoms. The zero-order valence-electron chi connectivity index (χ0n) is 6.31. The summed E-state index contributed by atoms with van der Waals surface area (Å²) in [5, 5.41) is 8.61. The topological polar surface area (TPSA) is 91.1 Å². The number of H-pyrrole nitrogens is 1. The van der Waals surface area contributed by atoms with Gasteiger partial charge in [0, 0.05) is 5.69 Å². The summed E-state index contributed by atoms with van der Waals surface area (Å²) in [6, 6.07) is 0. The van der Waals surface area contributed by atoms with Crippen LogP contribution in [0, 0.1) is 6.92 Å². The number of aryl methyl sites for hydroxylation is 1. The van der Waals surface area contributed by atoms with Crippen LogP contribution in [0.5, 0.6) is 0 Å². The van der Waals surface area contributed by atoms with Gasteiger partial charge in [-0.3, -0.25) is 0 Å². The average Bonchev–Trinajstić information content (AvgIpc) is 2.24. The monoisotopic (exact) mass is 173 g/mol. The number of nitrogen functional groups attached to an aromatic ring is 1. The van der Waals surface area contributed by atoms with Crippen LogP contribution in [0.2, 0.25) is 0 Å². The fourth-order valence-electron chi connectivity index (χ4n) is 1.01. The summed E-state index contributed by atoms with van der Waals surface area (Å²) >= 11 is 0. The number of nitrogens with two attached hydrogens (primary N) is 1. The standard InChI is InChI=1S/C6H8FN3O2/c1-2-3(6(11)12)4(10-7)5(8)9-2/h9-10H,8H2,1H3,(H,11,12). The number of aromatic nitrogens is 1. The van der Waals surface area contributed by atoms with E-state index < -0.39 is 5.97 Å². The number of nitrogens with one attached hydrogen (secondary N) is 2. The van der Waals surface area contributed by atoms with Gasteiger partial charge in [0.05, 0.1) is 0 Å². The molecule has 66 valence electrons. The summed E-state index contributed by atoms with van der Waals surface area (Å²) in [6.45, 7) is 1.50. The maximum absolute atomic E-state index is 12.0. The van der Waals surface area contributed by atoms with E-state index in [1.54, 1.807) is 0 Å². The molecular weight excluding hydrogens is 165 g/mol. The van der Waals surface area contributed by atoms with Gasteiger partial charge in [0.15, 0.2) is 0 Å². The number of carboxylic acids is 1. The van der Waals surface area contributed by atoms with Crippen molar-refractivity contribution >= 4 is 17.5 Å². The van der Waals surface area contributed by atoms with Crippen molar-refractivity contribution in [3.05, 3.63) is 11.3 Å². The first-order valence-electron chi connectivity index (χ1n) is 3.16. The van der Waals surface area contributed by atoms with Gasteiger partial charge in [-0.25, -0.2) is 10.3 Å². The lowest BCUT2D eigenvalue weighted by molar-refractivity contribution is 0.0697. The van der Waals surface area contributed by atoms with Gasteiger partial charge >= 0.3 is 5.97 Å². The third-order valence-corrected chi connectivity index (χ3v) is 1.52. The third kappa shape index (κ3) is 1.07. The molecule has 5 nitrogen and oxygen atoms in total. The van der Waals surface area contributed by atoms with Crippen molar-refractivity contribution in [2.24, 2.45) is 0 Å². The molecule has 0 radical (unpaired) electrons. The Labute approximate surface area is 67.3 Å². The molecule has 12 heavy (non-hydrogen) atoms. The van der Waals surface area contributed by atoms with Gasteiger partial charge in [0.1, 0.15) is 17.1 Å². The van der Waals surface area contributed by atoms with Crippen molar-refractivity contribution in [3.63, 3.8) is 0 Å². The van der Waals surface area contributed by atoms with Gasteiger partial charge in [-0.15, -0.1) is 4.48 Å². The predicted molar refractivity (Wildman–Crippen MR) is 41.6 cm³/mol. The van der Waals surface area contributed by atoms with Crippen molar-refractivity contribution in [2.75, 3.05) is 11.3 Å². The number of rotatable bonds is 2. The SMILES string of the molecule is Cc1[nH]c(N)c(NF)c1C(=O)O. The highest BCUT2D eigenvalue weighted by molar-refractivity contribution is 5.98. The van der Waals surface area contributed by atoms with E-state index in [0.29, 0.717) is 5.69 Å². The van der Waals surface area contributed by atoms with Crippen molar-refractivity contribution in [1.82, 2.24) is 4.98 Å². The summed E-state index contributed by atoms with van der Waals surface area (Å²) in [4.78, 5) is 13.0. The third-order valence-electron chi connectivity index (χ3n) is 1.52. The van der Waals surface area contributed by atoms with Gasteiger partial charge < -0.3 is 15.8 Å². The second-order valence-electron chi connectivity index (χ2n) is 2.31. The summed E-state index contributed by atoms with van der Waals surface area (Å²) in [6.07, 6.45) is 0. The Bertz CT molecular complexity index is 321. The number of aromatic carboxylic acids is 1. The molecule has 0 aliphatic carbocycles. The molecular formula is C6H8FN3O2. The normalized spacial score (nSPS) is 9.83. The van der Waals surface area contributed by atoms with Crippen LogP contribution in [-0.4, -0.2) is 16.1 Å². The number of hydrogen-bond donors (Lipinski definition) is 4. The molecule has 0 aliphatic rings. The van der Waals surface area contributed by atoms with Gasteiger partial charge in [0.25, 0.3) is 0 Å². The van der Waals surface area contributed by atoms with E-state index in [-0.39, 0.29) is 17.1 Å². The van der Waals surface area contributed by atoms with E-state index in [1.165, 1.54) is 12.5 Å². The lowest BCUT2D eigenvalue weighted by Gasteiger charge is -1.95. The second-order valence-corrected chi connectivity index (χ2v) is 2.31. The van der Waals surface area contributed by atoms with Crippen LogP contribution in [0.1, 0.15) is 16.1 Å². The van der Waals surface area contributed by atoms with E-state index in [1.807, 2.05) is 0 Å². The Morgan fingerprint density at radius 1 is 1.75 bits per heavy atom. The molecule has 5 N–H and O–H groups in total. The second kappa shape index (κ2) is 2.72. The Morgan fingerprint density at radius 3 is 2.67 bits per heavy atom. The summed E-state index contributed by atoms with van der Waals surface area (Å²) in [5.74, 6) is -1.24. The van der Waals surface area contributed by atoms with Crippen molar-refractivity contribution < 1.29 is 14.4 Å². The number of hydrogen-bond acceptors (Lipinski definition) is 3. The molecule has 6 heteroatoms. The largest absolute Gasteiger partial charge is 0.478 e. The smallest absolute Gasteiger partial charge is 0.339 e. The maximum atomic E-state index is 12.0. The molecule has 0 unspecified atom stereocenters. The lowest BCUT2D eigenvalue weighted by Crippen LogP contribution is -2.00. The molecule has 1 aromatic rings. The average molecular weight is 173 g/mol. The zero-order chi connectivity index (χ0) is 9.30. The van der Waals surface area contributed by atoms with Crippen LogP contribution >= 0.6 is 0 Å².